The Hall–Kier alpha value is -1.02. The molecule has 0 fully saturated rings. The van der Waals surface area contributed by atoms with Gasteiger partial charge in [0.25, 0.3) is 0 Å². The summed E-state index contributed by atoms with van der Waals surface area (Å²) < 4.78 is 11.0. The Labute approximate surface area is 105 Å². The molecule has 0 atom stereocenters. The van der Waals surface area contributed by atoms with Crippen molar-refractivity contribution < 1.29 is 9.47 Å². The van der Waals surface area contributed by atoms with E-state index in [1.54, 1.807) is 0 Å². The lowest BCUT2D eigenvalue weighted by Crippen LogP contribution is -2.07. The summed E-state index contributed by atoms with van der Waals surface area (Å²) in [6.07, 6.45) is 5.94. The lowest BCUT2D eigenvalue weighted by Gasteiger charge is -2.06. The summed E-state index contributed by atoms with van der Waals surface area (Å²) in [6, 6.07) is 9.84. The lowest BCUT2D eigenvalue weighted by molar-refractivity contribution is 0.0971. The topological polar surface area (TPSA) is 18.5 Å². The first-order chi connectivity index (χ1) is 8.43. The van der Waals surface area contributed by atoms with E-state index in [9.17, 15) is 0 Å². The Morgan fingerprint density at radius 3 is 2.35 bits per heavy atom. The van der Waals surface area contributed by atoms with E-state index < -0.39 is 0 Å². The van der Waals surface area contributed by atoms with Gasteiger partial charge in [0.2, 0.25) is 0 Å². The molecule has 2 nitrogen and oxygen atoms in total. The molecule has 95 valence electrons. The molecule has 17 heavy (non-hydrogen) atoms. The summed E-state index contributed by atoms with van der Waals surface area (Å²) in [6.45, 7) is 5.97. The minimum Gasteiger partial charge on any atom is -0.491 e. The zero-order valence-corrected chi connectivity index (χ0v) is 10.6. The van der Waals surface area contributed by atoms with Crippen molar-refractivity contribution in [2.24, 2.45) is 0 Å². The number of rotatable bonds is 10. The van der Waals surface area contributed by atoms with E-state index in [4.69, 9.17) is 9.47 Å². The molecular weight excluding hydrogens is 212 g/mol. The largest absolute Gasteiger partial charge is 0.491 e. The van der Waals surface area contributed by atoms with Gasteiger partial charge in [0.1, 0.15) is 12.4 Å². The third-order valence-electron chi connectivity index (χ3n) is 2.53. The highest BCUT2D eigenvalue weighted by Crippen LogP contribution is 2.07. The number of para-hydroxylation sites is 1. The van der Waals surface area contributed by atoms with Gasteiger partial charge in [0, 0.05) is 6.61 Å². The fourth-order valence-corrected chi connectivity index (χ4v) is 1.57. The van der Waals surface area contributed by atoms with E-state index in [0.29, 0.717) is 13.2 Å². The van der Waals surface area contributed by atoms with Crippen LogP contribution in [0, 0.1) is 6.92 Å². The van der Waals surface area contributed by atoms with Gasteiger partial charge in [-0.1, -0.05) is 50.8 Å². The van der Waals surface area contributed by atoms with Gasteiger partial charge in [0.15, 0.2) is 0 Å². The first-order valence-corrected chi connectivity index (χ1v) is 6.48. The minimum absolute atomic E-state index is 0.628. The van der Waals surface area contributed by atoms with Crippen LogP contribution in [0.3, 0.4) is 0 Å². The molecule has 1 radical (unpaired) electrons. The molecule has 0 aliphatic carbocycles. The van der Waals surface area contributed by atoms with Crippen molar-refractivity contribution in [3.8, 4) is 5.75 Å². The molecule has 0 saturated heterocycles. The predicted molar refractivity (Wildman–Crippen MR) is 71.2 cm³/mol. The molecule has 2 heteroatoms. The summed E-state index contributed by atoms with van der Waals surface area (Å²) >= 11 is 0. The predicted octanol–water partition coefficient (Wildman–Crippen LogP) is 3.87. The van der Waals surface area contributed by atoms with Gasteiger partial charge in [0.05, 0.1) is 6.61 Å². The summed E-state index contributed by atoms with van der Waals surface area (Å²) in [5.74, 6) is 0.909. The van der Waals surface area contributed by atoms with E-state index in [2.05, 4.69) is 6.92 Å². The standard InChI is InChI=1S/C15H23O2/c1-2-3-4-5-9-12-16-13-14-17-15-10-7-6-8-11-15/h6-8,10-11H,1-5,9,12-14H2. The van der Waals surface area contributed by atoms with Crippen LogP contribution in [0.1, 0.15) is 32.1 Å². The Bertz CT molecular complexity index is 259. The lowest BCUT2D eigenvalue weighted by atomic mass is 10.2. The van der Waals surface area contributed by atoms with Gasteiger partial charge >= 0.3 is 0 Å². The maximum absolute atomic E-state index is 5.52. The summed E-state index contributed by atoms with van der Waals surface area (Å²) in [5, 5.41) is 0. The van der Waals surface area contributed by atoms with Gasteiger partial charge in [-0.05, 0) is 18.6 Å². The highest BCUT2D eigenvalue weighted by molar-refractivity contribution is 5.20. The van der Waals surface area contributed by atoms with Crippen molar-refractivity contribution >= 4 is 0 Å². The Kier molecular flexibility index (Phi) is 8.39. The molecule has 0 heterocycles. The Morgan fingerprint density at radius 1 is 0.824 bits per heavy atom. The normalized spacial score (nSPS) is 10.4. The Morgan fingerprint density at radius 2 is 1.59 bits per heavy atom. The van der Waals surface area contributed by atoms with Crippen LogP contribution in [0.4, 0.5) is 0 Å². The van der Waals surface area contributed by atoms with E-state index in [1.807, 2.05) is 30.3 Å². The third-order valence-corrected chi connectivity index (χ3v) is 2.53. The molecule has 0 aliphatic heterocycles. The molecule has 0 bridgehead atoms. The monoisotopic (exact) mass is 235 g/mol. The smallest absolute Gasteiger partial charge is 0.119 e. The zero-order chi connectivity index (χ0) is 12.2. The third kappa shape index (κ3) is 7.81. The van der Waals surface area contributed by atoms with Crippen molar-refractivity contribution in [3.05, 3.63) is 37.3 Å². The van der Waals surface area contributed by atoms with Gasteiger partial charge in [-0.25, -0.2) is 0 Å². The molecule has 0 unspecified atom stereocenters. The number of hydrogen-bond donors (Lipinski definition) is 0. The fourth-order valence-electron chi connectivity index (χ4n) is 1.57. The van der Waals surface area contributed by atoms with E-state index >= 15 is 0 Å². The summed E-state index contributed by atoms with van der Waals surface area (Å²) in [5.41, 5.74) is 0. The highest BCUT2D eigenvalue weighted by Gasteiger charge is 1.93. The molecule has 0 N–H and O–H groups in total. The number of ether oxygens (including phenoxy) is 2. The van der Waals surface area contributed by atoms with Crippen molar-refractivity contribution in [1.82, 2.24) is 0 Å². The molecule has 1 aromatic carbocycles. The molecule has 0 aliphatic rings. The maximum atomic E-state index is 5.52. The van der Waals surface area contributed by atoms with Crippen LogP contribution in [0.25, 0.3) is 0 Å². The zero-order valence-electron chi connectivity index (χ0n) is 10.6. The maximum Gasteiger partial charge on any atom is 0.119 e. The van der Waals surface area contributed by atoms with Crippen LogP contribution in [-0.4, -0.2) is 19.8 Å². The number of unbranched alkanes of at least 4 members (excludes halogenated alkanes) is 4. The molecule has 0 spiro atoms. The van der Waals surface area contributed by atoms with Crippen LogP contribution in [0.15, 0.2) is 30.3 Å². The van der Waals surface area contributed by atoms with Crippen LogP contribution in [-0.2, 0) is 4.74 Å². The molecule has 1 aromatic rings. The molecule has 0 aromatic heterocycles. The average Bonchev–Trinajstić information content (AvgIpc) is 2.38. The van der Waals surface area contributed by atoms with Crippen molar-refractivity contribution in [3.63, 3.8) is 0 Å². The quantitative estimate of drug-likeness (QED) is 0.573. The van der Waals surface area contributed by atoms with Crippen LogP contribution >= 0.6 is 0 Å². The first kappa shape index (κ1) is 14.0. The minimum atomic E-state index is 0.628. The van der Waals surface area contributed by atoms with Gasteiger partial charge < -0.3 is 9.47 Å². The molecule has 0 saturated carbocycles. The van der Waals surface area contributed by atoms with Crippen LogP contribution in [0.5, 0.6) is 5.75 Å². The van der Waals surface area contributed by atoms with Gasteiger partial charge in [-0.2, -0.15) is 0 Å². The van der Waals surface area contributed by atoms with E-state index in [0.717, 1.165) is 25.2 Å². The number of hydrogen-bond acceptors (Lipinski definition) is 2. The van der Waals surface area contributed by atoms with Crippen molar-refractivity contribution in [2.45, 2.75) is 32.1 Å². The average molecular weight is 235 g/mol. The van der Waals surface area contributed by atoms with Crippen LogP contribution < -0.4 is 4.74 Å². The second-order valence-electron chi connectivity index (χ2n) is 4.04. The summed E-state index contributed by atoms with van der Waals surface area (Å²) in [4.78, 5) is 0. The number of benzene rings is 1. The van der Waals surface area contributed by atoms with Gasteiger partial charge in [-0.3, -0.25) is 0 Å². The second-order valence-corrected chi connectivity index (χ2v) is 4.04. The molecule has 1 rings (SSSR count). The second kappa shape index (κ2) is 10.2. The highest BCUT2D eigenvalue weighted by atomic mass is 16.5. The molecular formula is C15H23O2. The van der Waals surface area contributed by atoms with Gasteiger partial charge in [-0.15, -0.1) is 0 Å². The van der Waals surface area contributed by atoms with Crippen molar-refractivity contribution in [2.75, 3.05) is 19.8 Å². The van der Waals surface area contributed by atoms with E-state index in [1.165, 1.54) is 19.3 Å². The fraction of sp³-hybridized carbons (Fsp3) is 0.533. The van der Waals surface area contributed by atoms with Crippen LogP contribution in [0.2, 0.25) is 0 Å². The SMILES string of the molecule is [CH2]CCCCCCOCCOc1ccccc1. The van der Waals surface area contributed by atoms with Crippen molar-refractivity contribution in [1.29, 1.82) is 0 Å². The summed E-state index contributed by atoms with van der Waals surface area (Å²) in [7, 11) is 0. The Balaban J connectivity index is 1.85. The van der Waals surface area contributed by atoms with E-state index in [-0.39, 0.29) is 0 Å². The molecule has 0 amide bonds. The first-order valence-electron chi connectivity index (χ1n) is 6.48.